The first-order valence-corrected chi connectivity index (χ1v) is 8.28. The molecule has 3 aromatic heterocycles. The number of rotatable bonds is 5. The minimum absolute atomic E-state index is 0.151. The van der Waals surface area contributed by atoms with E-state index in [9.17, 15) is 4.79 Å². The van der Waals surface area contributed by atoms with E-state index in [2.05, 4.69) is 30.7 Å². The second kappa shape index (κ2) is 7.18. The summed E-state index contributed by atoms with van der Waals surface area (Å²) < 4.78 is 1.50. The summed E-state index contributed by atoms with van der Waals surface area (Å²) in [6.45, 7) is 4.49. The quantitative estimate of drug-likeness (QED) is 0.741. The normalized spacial score (nSPS) is 11.9. The number of urea groups is 1. The van der Waals surface area contributed by atoms with Gasteiger partial charge in [-0.1, -0.05) is 6.92 Å². The van der Waals surface area contributed by atoms with Gasteiger partial charge in [0.15, 0.2) is 5.82 Å². The van der Waals surface area contributed by atoms with Crippen molar-refractivity contribution in [3.8, 4) is 5.82 Å². The number of hydrogen-bond donors (Lipinski definition) is 2. The van der Waals surface area contributed by atoms with Crippen molar-refractivity contribution < 1.29 is 4.79 Å². The fourth-order valence-corrected chi connectivity index (χ4v) is 2.95. The van der Waals surface area contributed by atoms with Crippen LogP contribution in [-0.2, 0) is 0 Å². The van der Waals surface area contributed by atoms with Gasteiger partial charge in [-0.15, -0.1) is 11.3 Å². The summed E-state index contributed by atoms with van der Waals surface area (Å²) in [7, 11) is 0. The summed E-state index contributed by atoms with van der Waals surface area (Å²) in [6.07, 6.45) is 4.57. The van der Waals surface area contributed by atoms with E-state index >= 15 is 0 Å². The Kier molecular flexibility index (Phi) is 4.80. The van der Waals surface area contributed by atoms with Gasteiger partial charge in [0.2, 0.25) is 0 Å². The Bertz CT molecular complexity index is 815. The van der Waals surface area contributed by atoms with Gasteiger partial charge in [0.25, 0.3) is 0 Å². The van der Waals surface area contributed by atoms with Gasteiger partial charge >= 0.3 is 6.03 Å². The zero-order valence-corrected chi connectivity index (χ0v) is 14.1. The van der Waals surface area contributed by atoms with Gasteiger partial charge in [0.05, 0.1) is 10.7 Å². The van der Waals surface area contributed by atoms with Gasteiger partial charge in [-0.2, -0.15) is 5.10 Å². The van der Waals surface area contributed by atoms with E-state index in [0.717, 1.165) is 10.7 Å². The number of thiazole rings is 1. The van der Waals surface area contributed by atoms with Crippen LogP contribution in [0, 0.1) is 6.92 Å². The summed E-state index contributed by atoms with van der Waals surface area (Å²) in [4.78, 5) is 24.7. The monoisotopic (exact) mass is 343 g/mol. The second-order valence-corrected chi connectivity index (χ2v) is 6.17. The van der Waals surface area contributed by atoms with E-state index in [4.69, 9.17) is 0 Å². The molecule has 0 aromatic carbocycles. The molecule has 0 bridgehead atoms. The molecule has 0 unspecified atom stereocenters. The Labute approximate surface area is 143 Å². The minimum Gasteiger partial charge on any atom is -0.337 e. The van der Waals surface area contributed by atoms with E-state index in [-0.39, 0.29) is 11.9 Å². The van der Waals surface area contributed by atoms with Crippen molar-refractivity contribution in [2.75, 3.05) is 11.9 Å². The zero-order chi connectivity index (χ0) is 16.9. The molecule has 1 atom stereocenters. The largest absolute Gasteiger partial charge is 0.337 e. The lowest BCUT2D eigenvalue weighted by molar-refractivity contribution is 0.251. The number of aromatic nitrogens is 5. The van der Waals surface area contributed by atoms with Crippen molar-refractivity contribution >= 4 is 23.1 Å². The maximum absolute atomic E-state index is 12.2. The van der Waals surface area contributed by atoms with Crippen LogP contribution in [0.4, 0.5) is 10.5 Å². The van der Waals surface area contributed by atoms with Crippen LogP contribution in [0.3, 0.4) is 0 Å². The second-order valence-electron chi connectivity index (χ2n) is 5.28. The molecule has 9 heteroatoms. The van der Waals surface area contributed by atoms with Crippen molar-refractivity contribution in [1.29, 1.82) is 0 Å². The SMILES string of the molecule is Cc1csc([C@@H](C)CNC(=O)Nc2cccnc2-n2cncn2)n1. The van der Waals surface area contributed by atoms with Crippen molar-refractivity contribution in [2.24, 2.45) is 0 Å². The van der Waals surface area contributed by atoms with Crippen LogP contribution >= 0.6 is 11.3 Å². The Morgan fingerprint density at radius 1 is 1.46 bits per heavy atom. The molecule has 3 aromatic rings. The molecule has 0 saturated heterocycles. The van der Waals surface area contributed by atoms with E-state index in [1.807, 2.05) is 19.2 Å². The Morgan fingerprint density at radius 2 is 2.33 bits per heavy atom. The highest BCUT2D eigenvalue weighted by molar-refractivity contribution is 7.09. The third kappa shape index (κ3) is 3.74. The number of pyridine rings is 1. The fraction of sp³-hybridized carbons (Fsp3) is 0.267. The number of carbonyl (C=O) groups excluding carboxylic acids is 1. The van der Waals surface area contributed by atoms with E-state index < -0.39 is 0 Å². The Morgan fingerprint density at radius 3 is 3.04 bits per heavy atom. The summed E-state index contributed by atoms with van der Waals surface area (Å²) in [5.74, 6) is 0.659. The molecule has 3 rings (SSSR count). The molecule has 0 aliphatic heterocycles. The summed E-state index contributed by atoms with van der Waals surface area (Å²) in [5, 5.41) is 12.7. The average molecular weight is 343 g/mol. The highest BCUT2D eigenvalue weighted by Crippen LogP contribution is 2.19. The smallest absolute Gasteiger partial charge is 0.319 e. The van der Waals surface area contributed by atoms with Crippen LogP contribution in [-0.4, -0.2) is 37.3 Å². The molecule has 0 spiro atoms. The van der Waals surface area contributed by atoms with Gasteiger partial charge in [-0.3, -0.25) is 0 Å². The number of amides is 2. The first-order chi connectivity index (χ1) is 11.6. The molecule has 124 valence electrons. The van der Waals surface area contributed by atoms with Crippen LogP contribution in [0.15, 0.2) is 36.4 Å². The highest BCUT2D eigenvalue weighted by atomic mass is 32.1. The first kappa shape index (κ1) is 16.1. The third-order valence-corrected chi connectivity index (χ3v) is 4.49. The van der Waals surface area contributed by atoms with Crippen LogP contribution in [0.25, 0.3) is 5.82 Å². The number of nitrogens with one attached hydrogen (secondary N) is 2. The van der Waals surface area contributed by atoms with Crippen LogP contribution < -0.4 is 10.6 Å². The molecule has 0 saturated carbocycles. The lowest BCUT2D eigenvalue weighted by atomic mass is 10.2. The minimum atomic E-state index is -0.301. The van der Waals surface area contributed by atoms with Gasteiger partial charge in [0.1, 0.15) is 12.7 Å². The molecule has 24 heavy (non-hydrogen) atoms. The molecule has 8 nitrogen and oxygen atoms in total. The molecule has 3 heterocycles. The number of anilines is 1. The van der Waals surface area contributed by atoms with E-state index in [1.54, 1.807) is 29.7 Å². The van der Waals surface area contributed by atoms with Crippen molar-refractivity contribution in [1.82, 2.24) is 30.0 Å². The molecule has 2 N–H and O–H groups in total. The van der Waals surface area contributed by atoms with Crippen molar-refractivity contribution in [2.45, 2.75) is 19.8 Å². The molecule has 0 fully saturated rings. The molecular formula is C15H17N7OS. The van der Waals surface area contributed by atoms with Gasteiger partial charge < -0.3 is 10.6 Å². The highest BCUT2D eigenvalue weighted by Gasteiger charge is 2.13. The van der Waals surface area contributed by atoms with Crippen LogP contribution in [0.2, 0.25) is 0 Å². The molecule has 0 aliphatic carbocycles. The maximum atomic E-state index is 12.2. The molecule has 0 aliphatic rings. The predicted octanol–water partition coefficient (Wildman–Crippen LogP) is 2.35. The van der Waals surface area contributed by atoms with E-state index in [1.165, 1.54) is 17.3 Å². The zero-order valence-electron chi connectivity index (χ0n) is 13.3. The van der Waals surface area contributed by atoms with Crippen molar-refractivity contribution in [3.63, 3.8) is 0 Å². The summed E-state index contributed by atoms with van der Waals surface area (Å²) >= 11 is 1.60. The summed E-state index contributed by atoms with van der Waals surface area (Å²) in [5.41, 5.74) is 1.55. The number of nitrogens with zero attached hydrogens (tertiary/aromatic N) is 5. The van der Waals surface area contributed by atoms with Gasteiger partial charge in [-0.05, 0) is 19.1 Å². The van der Waals surface area contributed by atoms with Crippen molar-refractivity contribution in [3.05, 3.63) is 47.1 Å². The molecule has 2 amide bonds. The Balaban J connectivity index is 1.61. The fourth-order valence-electron chi connectivity index (χ4n) is 2.09. The topological polar surface area (TPSA) is 97.6 Å². The molecule has 0 radical (unpaired) electrons. The Hall–Kier alpha value is -2.81. The van der Waals surface area contributed by atoms with Crippen LogP contribution in [0.5, 0.6) is 0 Å². The number of aryl methyl sites for hydroxylation is 1. The van der Waals surface area contributed by atoms with Gasteiger partial charge in [0, 0.05) is 29.7 Å². The van der Waals surface area contributed by atoms with Crippen LogP contribution in [0.1, 0.15) is 23.5 Å². The van der Waals surface area contributed by atoms with E-state index in [0.29, 0.717) is 18.1 Å². The standard InChI is InChI=1S/C15H17N7OS/c1-10(14-20-11(2)7-24-14)6-18-15(23)21-12-4-3-5-17-13(12)22-9-16-8-19-22/h3-5,7-10H,6H2,1-2H3,(H2,18,21,23)/t10-/m0/s1. The lowest BCUT2D eigenvalue weighted by Crippen LogP contribution is -2.32. The first-order valence-electron chi connectivity index (χ1n) is 7.40. The number of carbonyl (C=O) groups is 1. The predicted molar refractivity (Wildman–Crippen MR) is 91.4 cm³/mol. The summed E-state index contributed by atoms with van der Waals surface area (Å²) in [6, 6.07) is 3.21. The number of hydrogen-bond acceptors (Lipinski definition) is 6. The third-order valence-electron chi connectivity index (χ3n) is 3.30. The molecular weight excluding hydrogens is 326 g/mol. The van der Waals surface area contributed by atoms with Gasteiger partial charge in [-0.25, -0.2) is 24.4 Å². The maximum Gasteiger partial charge on any atom is 0.319 e. The lowest BCUT2D eigenvalue weighted by Gasteiger charge is -2.13. The average Bonchev–Trinajstić information content (AvgIpc) is 3.25.